The minimum Gasteiger partial charge on any atom is -0.465 e. The van der Waals surface area contributed by atoms with Crippen molar-refractivity contribution in [1.29, 1.82) is 0 Å². The van der Waals surface area contributed by atoms with Gasteiger partial charge in [-0.25, -0.2) is 14.8 Å². The van der Waals surface area contributed by atoms with Crippen molar-refractivity contribution in [3.05, 3.63) is 144 Å². The van der Waals surface area contributed by atoms with Crippen LogP contribution in [0.25, 0.3) is 44.3 Å². The van der Waals surface area contributed by atoms with Crippen molar-refractivity contribution in [3.8, 4) is 22.3 Å². The minimum absolute atomic E-state index is 0.0161. The minimum atomic E-state index is -1.23. The third kappa shape index (κ3) is 8.23. The Balaban J connectivity index is 0.792. The molecule has 0 radical (unpaired) electrons. The first kappa shape index (κ1) is 43.4. The SMILES string of the molecule is O=C(O)N[C@@H](C(=O)N1[C@@H]2CCCC[C@@H]2C[C@H]1c1nc2ccc(-c3ccc(-c4ccc5nc([C@@H]6C[C@H]7CCCC[C@H]7N6C(=O)[C@H](NC6OCO6)c6ccccc6)[nH]c5c4)cc3)cc2[nH]1)c1ccccc1. The summed E-state index contributed by atoms with van der Waals surface area (Å²) in [6.45, 7) is 0.210. The first-order chi connectivity index (χ1) is 33.8. The number of hydrogen-bond acceptors (Lipinski definition) is 8. The Hall–Kier alpha value is -6.87. The van der Waals surface area contributed by atoms with Crippen LogP contribution in [0, 0.1) is 11.8 Å². The third-order valence-corrected chi connectivity index (χ3v) is 15.6. The molecule has 3 saturated heterocycles. The number of amides is 3. The molecule has 5 N–H and O–H groups in total. The molecule has 0 spiro atoms. The maximum Gasteiger partial charge on any atom is 0.405 e. The average molecular weight is 925 g/mol. The summed E-state index contributed by atoms with van der Waals surface area (Å²) < 4.78 is 11.1. The van der Waals surface area contributed by atoms with E-state index in [9.17, 15) is 19.5 Å². The van der Waals surface area contributed by atoms with Gasteiger partial charge in [0, 0.05) is 12.1 Å². The fraction of sp³-hybridized carbons (Fsp3) is 0.364. The number of hydrogen-bond donors (Lipinski definition) is 5. The molecule has 2 saturated carbocycles. The van der Waals surface area contributed by atoms with E-state index in [1.54, 1.807) is 12.1 Å². The fourth-order valence-electron chi connectivity index (χ4n) is 12.3. The van der Waals surface area contributed by atoms with Crippen LogP contribution >= 0.6 is 0 Å². The van der Waals surface area contributed by atoms with Gasteiger partial charge < -0.3 is 39.7 Å². The summed E-state index contributed by atoms with van der Waals surface area (Å²) in [4.78, 5) is 62.9. The van der Waals surface area contributed by atoms with Gasteiger partial charge in [0.1, 0.15) is 23.7 Å². The summed E-state index contributed by atoms with van der Waals surface area (Å²) >= 11 is 0. The number of nitrogens with zero attached hydrogens (tertiary/aromatic N) is 4. The molecule has 352 valence electrons. The summed E-state index contributed by atoms with van der Waals surface area (Å²) in [5.74, 6) is 2.07. The van der Waals surface area contributed by atoms with E-state index < -0.39 is 24.6 Å². The number of benzene rings is 5. The van der Waals surface area contributed by atoms with Gasteiger partial charge in [-0.1, -0.05) is 123 Å². The summed E-state index contributed by atoms with van der Waals surface area (Å²) in [6, 6.07) is 38.1. The number of nitrogens with one attached hydrogen (secondary N) is 4. The van der Waals surface area contributed by atoms with Crippen molar-refractivity contribution in [2.45, 2.75) is 107 Å². The molecule has 5 aromatic carbocycles. The highest BCUT2D eigenvalue weighted by Crippen LogP contribution is 2.49. The largest absolute Gasteiger partial charge is 0.465 e. The molecular formula is C55H56N8O6. The van der Waals surface area contributed by atoms with E-state index in [0.717, 1.165) is 119 Å². The van der Waals surface area contributed by atoms with Gasteiger partial charge in [-0.3, -0.25) is 14.9 Å². The molecule has 0 bridgehead atoms. The third-order valence-electron chi connectivity index (χ3n) is 15.6. The molecule has 5 fully saturated rings. The Kier molecular flexibility index (Phi) is 11.5. The number of carbonyl (C=O) groups is 3. The number of ether oxygens (including phenoxy) is 2. The van der Waals surface area contributed by atoms with Gasteiger partial charge in [-0.2, -0.15) is 0 Å². The fourth-order valence-corrected chi connectivity index (χ4v) is 12.3. The first-order valence-corrected chi connectivity index (χ1v) is 24.7. The van der Waals surface area contributed by atoms with Gasteiger partial charge in [0.15, 0.2) is 6.79 Å². The Labute approximate surface area is 399 Å². The van der Waals surface area contributed by atoms with Gasteiger partial charge in [0.2, 0.25) is 12.3 Å². The maximum absolute atomic E-state index is 14.8. The molecule has 14 heteroatoms. The molecule has 3 amide bonds. The van der Waals surface area contributed by atoms with Crippen molar-refractivity contribution >= 4 is 40.0 Å². The molecule has 5 heterocycles. The average Bonchev–Trinajstić information content (AvgIpc) is 4.18. The van der Waals surface area contributed by atoms with E-state index in [1.807, 2.05) is 59.5 Å². The normalized spacial score (nSPS) is 24.4. The summed E-state index contributed by atoms with van der Waals surface area (Å²) in [5, 5.41) is 15.7. The predicted octanol–water partition coefficient (Wildman–Crippen LogP) is 10.1. The van der Waals surface area contributed by atoms with Crippen LogP contribution in [-0.2, 0) is 19.1 Å². The molecule has 2 aromatic heterocycles. The second kappa shape index (κ2) is 18.2. The molecule has 3 aliphatic heterocycles. The standard InChI is InChI=1S/C55H56N8O6/c64-52(48(60-54(66)67)34-11-3-1-4-12-34)62-44-17-9-7-15-38(44)29-46(62)50-56-40-25-23-36(27-42(40)58-50)32-19-21-33(22-20-32)37-24-26-41-43(28-37)59-51(57-41)47-30-39-16-8-10-18-45(39)63(47)53(65)49(61-55-68-31-69-55)35-13-5-2-6-14-35/h1-6,11-14,19-28,38-39,44-49,55,60-61H,7-10,15-18,29-31H2,(H,56,58)(H,57,59)(H,66,67)/t38-,39-,44-,45-,46+,47+,48-,49-/m1/s1. The van der Waals surface area contributed by atoms with Crippen LogP contribution in [0.2, 0.25) is 0 Å². The number of rotatable bonds is 11. The van der Waals surface area contributed by atoms with Crippen molar-refractivity contribution in [3.63, 3.8) is 0 Å². The molecule has 14 nitrogen and oxygen atoms in total. The molecule has 69 heavy (non-hydrogen) atoms. The number of likely N-dealkylation sites (tertiary alicyclic amines) is 2. The summed E-state index contributed by atoms with van der Waals surface area (Å²) in [6.07, 6.45) is 8.25. The molecule has 12 rings (SSSR count). The Morgan fingerprint density at radius 1 is 0.580 bits per heavy atom. The lowest BCUT2D eigenvalue weighted by Crippen LogP contribution is -2.52. The van der Waals surface area contributed by atoms with Crippen LogP contribution < -0.4 is 10.6 Å². The lowest BCUT2D eigenvalue weighted by atomic mass is 9.84. The predicted molar refractivity (Wildman–Crippen MR) is 260 cm³/mol. The number of imidazole rings is 2. The van der Waals surface area contributed by atoms with Crippen LogP contribution in [0.1, 0.15) is 111 Å². The molecular weight excluding hydrogens is 869 g/mol. The first-order valence-electron chi connectivity index (χ1n) is 24.7. The van der Waals surface area contributed by atoms with E-state index in [0.29, 0.717) is 17.4 Å². The Bertz CT molecular complexity index is 3010. The van der Waals surface area contributed by atoms with Crippen molar-refractivity contribution in [2.24, 2.45) is 11.8 Å². The van der Waals surface area contributed by atoms with Gasteiger partial charge in [0.25, 0.3) is 5.91 Å². The number of carboxylic acid groups (broad SMARTS) is 1. The van der Waals surface area contributed by atoms with Crippen molar-refractivity contribution in [2.75, 3.05) is 6.79 Å². The van der Waals surface area contributed by atoms with Crippen LogP contribution in [0.15, 0.2) is 121 Å². The monoisotopic (exact) mass is 924 g/mol. The number of H-pyrrole nitrogens is 2. The van der Waals surface area contributed by atoms with Gasteiger partial charge in [0.05, 0.1) is 34.2 Å². The van der Waals surface area contributed by atoms with Crippen LogP contribution in [0.3, 0.4) is 0 Å². The highest BCUT2D eigenvalue weighted by atomic mass is 16.9. The Morgan fingerprint density at radius 3 is 1.49 bits per heavy atom. The molecule has 0 unspecified atom stereocenters. The second-order valence-electron chi connectivity index (χ2n) is 19.6. The second-order valence-corrected chi connectivity index (χ2v) is 19.6. The lowest BCUT2D eigenvalue weighted by molar-refractivity contribution is -0.335. The summed E-state index contributed by atoms with van der Waals surface area (Å²) in [5.41, 5.74) is 9.22. The maximum atomic E-state index is 14.8. The molecule has 7 aromatic rings. The number of fused-ring (bicyclic) bond motifs is 4. The quantitative estimate of drug-likeness (QED) is 0.0845. The van der Waals surface area contributed by atoms with E-state index >= 15 is 0 Å². The number of aromatic nitrogens is 4. The molecule has 2 aliphatic carbocycles. The highest BCUT2D eigenvalue weighted by molar-refractivity contribution is 5.89. The van der Waals surface area contributed by atoms with E-state index in [2.05, 4.69) is 80.1 Å². The van der Waals surface area contributed by atoms with Gasteiger partial charge in [-0.05, 0) is 108 Å². The smallest absolute Gasteiger partial charge is 0.405 e. The topological polar surface area (TPSA) is 178 Å². The van der Waals surface area contributed by atoms with E-state index in [-0.39, 0.29) is 42.8 Å². The van der Waals surface area contributed by atoms with Crippen LogP contribution in [-0.4, -0.2) is 78.0 Å². The highest BCUT2D eigenvalue weighted by Gasteiger charge is 2.50. The van der Waals surface area contributed by atoms with Crippen molar-refractivity contribution in [1.82, 2.24) is 40.4 Å². The van der Waals surface area contributed by atoms with E-state index in [1.165, 1.54) is 6.42 Å². The van der Waals surface area contributed by atoms with Crippen LogP contribution in [0.4, 0.5) is 4.79 Å². The number of aromatic amines is 2. The zero-order valence-corrected chi connectivity index (χ0v) is 38.3. The Morgan fingerprint density at radius 2 is 1.03 bits per heavy atom. The zero-order valence-electron chi connectivity index (χ0n) is 38.3. The zero-order chi connectivity index (χ0) is 46.6. The molecule has 8 atom stereocenters. The van der Waals surface area contributed by atoms with Gasteiger partial charge in [-0.15, -0.1) is 0 Å². The molecule has 5 aliphatic rings. The van der Waals surface area contributed by atoms with E-state index in [4.69, 9.17) is 19.4 Å². The van der Waals surface area contributed by atoms with Crippen molar-refractivity contribution < 1.29 is 29.0 Å². The number of carbonyl (C=O) groups excluding carboxylic acids is 2. The summed E-state index contributed by atoms with van der Waals surface area (Å²) in [7, 11) is 0. The lowest BCUT2D eigenvalue weighted by Gasteiger charge is -2.38. The van der Waals surface area contributed by atoms with Gasteiger partial charge >= 0.3 is 6.09 Å². The van der Waals surface area contributed by atoms with Crippen LogP contribution in [0.5, 0.6) is 0 Å².